The van der Waals surface area contributed by atoms with Gasteiger partial charge in [-0.15, -0.1) is 5.10 Å². The lowest BCUT2D eigenvalue weighted by Gasteiger charge is -2.09. The molecule has 0 saturated carbocycles. The minimum absolute atomic E-state index is 0.0230. The van der Waals surface area contributed by atoms with E-state index < -0.39 is 0 Å². The first-order valence-corrected chi connectivity index (χ1v) is 14.1. The van der Waals surface area contributed by atoms with Crippen molar-refractivity contribution in [3.63, 3.8) is 0 Å². The second-order valence-corrected chi connectivity index (χ2v) is 10.0. The standard InChI is InChI=1S/C32H32ClN5O3/c33-26-10-13-29-30(15-17-35-31(29)21-26)34-16-3-19-40-23-27-22-38(37-36-27)18-4-20-41-28-11-8-25(9-12-28)32(39)14-7-24-5-1-2-6-24/h1,5-15,17,21-22H,2-4,16,18-20,23H2,(H,34,35)/b14-7+. The number of hydrogen-bond acceptors (Lipinski definition) is 7. The number of anilines is 1. The molecule has 0 unspecified atom stereocenters. The van der Waals surface area contributed by atoms with E-state index in [4.69, 9.17) is 21.1 Å². The molecule has 5 rings (SSSR count). The minimum Gasteiger partial charge on any atom is -0.494 e. The molecular weight excluding hydrogens is 538 g/mol. The number of ether oxygens (including phenoxy) is 2. The average molecular weight is 570 g/mol. The molecule has 2 aromatic carbocycles. The van der Waals surface area contributed by atoms with Crippen molar-refractivity contribution in [3.8, 4) is 5.75 Å². The second kappa shape index (κ2) is 14.4. The fourth-order valence-electron chi connectivity index (χ4n) is 4.36. The molecule has 41 heavy (non-hydrogen) atoms. The highest BCUT2D eigenvalue weighted by atomic mass is 35.5. The number of aryl methyl sites for hydroxylation is 1. The lowest BCUT2D eigenvalue weighted by Crippen LogP contribution is -2.06. The predicted molar refractivity (Wildman–Crippen MR) is 161 cm³/mol. The lowest BCUT2D eigenvalue weighted by atomic mass is 10.1. The van der Waals surface area contributed by atoms with Crippen LogP contribution in [0.1, 0.15) is 35.3 Å². The van der Waals surface area contributed by atoms with E-state index in [0.717, 1.165) is 59.4 Å². The quantitative estimate of drug-likeness (QED) is 0.0980. The van der Waals surface area contributed by atoms with Crippen LogP contribution < -0.4 is 10.1 Å². The van der Waals surface area contributed by atoms with Gasteiger partial charge in [-0.2, -0.15) is 0 Å². The van der Waals surface area contributed by atoms with Crippen LogP contribution in [0.4, 0.5) is 5.69 Å². The molecule has 0 saturated heterocycles. The van der Waals surface area contributed by atoms with Gasteiger partial charge in [-0.05, 0) is 73.0 Å². The summed E-state index contributed by atoms with van der Waals surface area (Å²) in [5.74, 6) is 0.709. The summed E-state index contributed by atoms with van der Waals surface area (Å²) in [4.78, 5) is 16.7. The molecule has 2 aromatic heterocycles. The summed E-state index contributed by atoms with van der Waals surface area (Å²) in [5, 5.41) is 13.5. The van der Waals surface area contributed by atoms with Crippen molar-refractivity contribution in [1.29, 1.82) is 0 Å². The number of fused-ring (bicyclic) bond motifs is 1. The Morgan fingerprint density at radius 2 is 2.00 bits per heavy atom. The van der Waals surface area contributed by atoms with E-state index in [9.17, 15) is 4.79 Å². The van der Waals surface area contributed by atoms with Gasteiger partial charge >= 0.3 is 0 Å². The van der Waals surface area contributed by atoms with Gasteiger partial charge in [0.15, 0.2) is 5.78 Å². The van der Waals surface area contributed by atoms with E-state index in [-0.39, 0.29) is 5.78 Å². The average Bonchev–Trinajstić information content (AvgIpc) is 3.68. The molecule has 210 valence electrons. The Hall–Kier alpha value is -4.27. The Balaban J connectivity index is 0.949. The van der Waals surface area contributed by atoms with Crippen molar-refractivity contribution in [2.45, 2.75) is 32.4 Å². The predicted octanol–water partition coefficient (Wildman–Crippen LogP) is 6.59. The molecule has 4 aromatic rings. The van der Waals surface area contributed by atoms with Crippen LogP contribution >= 0.6 is 11.6 Å². The maximum Gasteiger partial charge on any atom is 0.185 e. The van der Waals surface area contributed by atoms with Crippen molar-refractivity contribution < 1.29 is 14.3 Å². The molecule has 0 atom stereocenters. The number of carbonyl (C=O) groups excluding carboxylic acids is 1. The van der Waals surface area contributed by atoms with Crippen LogP contribution in [0.25, 0.3) is 10.9 Å². The molecule has 9 heteroatoms. The Kier molecular flexibility index (Phi) is 9.92. The van der Waals surface area contributed by atoms with Gasteiger partial charge in [-0.3, -0.25) is 14.5 Å². The van der Waals surface area contributed by atoms with E-state index in [2.05, 4.69) is 32.8 Å². The summed E-state index contributed by atoms with van der Waals surface area (Å²) in [6.45, 7) is 3.03. The fourth-order valence-corrected chi connectivity index (χ4v) is 4.53. The number of allylic oxidation sites excluding steroid dienone is 6. The number of ketones is 1. The number of benzene rings is 2. The molecule has 1 aliphatic carbocycles. The van der Waals surface area contributed by atoms with Crippen LogP contribution in [-0.4, -0.2) is 45.5 Å². The molecule has 0 aliphatic heterocycles. The van der Waals surface area contributed by atoms with Crippen molar-refractivity contribution in [1.82, 2.24) is 20.0 Å². The van der Waals surface area contributed by atoms with Crippen molar-refractivity contribution in [2.75, 3.05) is 25.1 Å². The summed E-state index contributed by atoms with van der Waals surface area (Å²) >= 11 is 6.07. The van der Waals surface area contributed by atoms with Crippen LogP contribution in [-0.2, 0) is 17.9 Å². The van der Waals surface area contributed by atoms with Crippen molar-refractivity contribution in [3.05, 3.63) is 113 Å². The fraction of sp³-hybridized carbons (Fsp3) is 0.250. The number of hydrogen-bond donors (Lipinski definition) is 1. The molecule has 0 amide bonds. The molecule has 1 aliphatic rings. The summed E-state index contributed by atoms with van der Waals surface area (Å²) in [6.07, 6.45) is 15.8. The first kappa shape index (κ1) is 28.3. The number of nitrogens with zero attached hydrogens (tertiary/aromatic N) is 4. The monoisotopic (exact) mass is 569 g/mol. The van der Waals surface area contributed by atoms with Crippen molar-refractivity contribution in [2.24, 2.45) is 0 Å². The summed E-state index contributed by atoms with van der Waals surface area (Å²) in [6, 6.07) is 14.9. The zero-order valence-electron chi connectivity index (χ0n) is 22.7. The Labute approximate surface area is 244 Å². The van der Waals surface area contributed by atoms with Gasteiger partial charge in [0.1, 0.15) is 11.4 Å². The van der Waals surface area contributed by atoms with Gasteiger partial charge in [-0.1, -0.05) is 41.1 Å². The lowest BCUT2D eigenvalue weighted by molar-refractivity contribution is 0.104. The highest BCUT2D eigenvalue weighted by Gasteiger charge is 2.05. The van der Waals surface area contributed by atoms with Gasteiger partial charge < -0.3 is 14.8 Å². The number of halogens is 1. The third kappa shape index (κ3) is 8.36. The van der Waals surface area contributed by atoms with E-state index in [1.807, 2.05) is 54.7 Å². The number of carbonyl (C=O) groups is 1. The number of rotatable bonds is 15. The van der Waals surface area contributed by atoms with Gasteiger partial charge in [-0.25, -0.2) is 0 Å². The topological polar surface area (TPSA) is 91.2 Å². The zero-order chi connectivity index (χ0) is 28.3. The molecule has 1 N–H and O–H groups in total. The van der Waals surface area contributed by atoms with Crippen LogP contribution in [0.5, 0.6) is 5.75 Å². The number of nitrogens with one attached hydrogen (secondary N) is 1. The molecule has 0 spiro atoms. The summed E-state index contributed by atoms with van der Waals surface area (Å²) in [5.41, 5.74) is 4.40. The Morgan fingerprint density at radius 1 is 1.10 bits per heavy atom. The third-order valence-electron chi connectivity index (χ3n) is 6.49. The van der Waals surface area contributed by atoms with Crippen molar-refractivity contribution >= 4 is 34.0 Å². The smallest absolute Gasteiger partial charge is 0.185 e. The van der Waals surface area contributed by atoms with E-state index in [1.54, 1.807) is 29.1 Å². The second-order valence-electron chi connectivity index (χ2n) is 9.59. The van der Waals surface area contributed by atoms with E-state index >= 15 is 0 Å². The van der Waals surface area contributed by atoms with Gasteiger partial charge in [0.05, 0.1) is 24.9 Å². The first-order chi connectivity index (χ1) is 20.1. The molecule has 2 heterocycles. The molecule has 0 fully saturated rings. The normalized spacial score (nSPS) is 12.8. The molecule has 8 nitrogen and oxygen atoms in total. The Morgan fingerprint density at radius 3 is 2.85 bits per heavy atom. The van der Waals surface area contributed by atoms with E-state index in [1.165, 1.54) is 0 Å². The molecular formula is C32H32ClN5O3. The maximum absolute atomic E-state index is 12.3. The minimum atomic E-state index is -0.0230. The van der Waals surface area contributed by atoms with Gasteiger partial charge in [0.2, 0.25) is 0 Å². The SMILES string of the molecule is O=C(/C=C/C1=CCC=C1)c1ccc(OCCCn2cc(COCCCNc3ccnc4cc(Cl)ccc34)nn2)cc1. The summed E-state index contributed by atoms with van der Waals surface area (Å²) < 4.78 is 13.4. The molecule has 0 radical (unpaired) electrons. The zero-order valence-corrected chi connectivity index (χ0v) is 23.5. The number of aromatic nitrogens is 4. The van der Waals surface area contributed by atoms with Crippen LogP contribution in [0.3, 0.4) is 0 Å². The Bertz CT molecular complexity index is 1560. The first-order valence-electron chi connectivity index (χ1n) is 13.7. The largest absolute Gasteiger partial charge is 0.494 e. The third-order valence-corrected chi connectivity index (χ3v) is 6.72. The molecule has 0 bridgehead atoms. The highest BCUT2D eigenvalue weighted by Crippen LogP contribution is 2.24. The summed E-state index contributed by atoms with van der Waals surface area (Å²) in [7, 11) is 0. The highest BCUT2D eigenvalue weighted by molar-refractivity contribution is 6.31. The number of pyridine rings is 1. The van der Waals surface area contributed by atoms with Crippen LogP contribution in [0.2, 0.25) is 5.02 Å². The van der Waals surface area contributed by atoms with Crippen LogP contribution in [0.15, 0.2) is 96.9 Å². The van der Waals surface area contributed by atoms with Gasteiger partial charge in [0.25, 0.3) is 0 Å². The van der Waals surface area contributed by atoms with Crippen LogP contribution in [0, 0.1) is 0 Å². The maximum atomic E-state index is 12.3. The van der Waals surface area contributed by atoms with E-state index in [0.29, 0.717) is 37.0 Å². The van der Waals surface area contributed by atoms with Gasteiger partial charge in [0, 0.05) is 54.0 Å².